The number of ether oxygens (including phenoxy) is 1. The Balaban J connectivity index is 1.66. The quantitative estimate of drug-likeness (QED) is 0.619. The average Bonchev–Trinajstić information content (AvgIpc) is 3.03. The molecule has 0 fully saturated rings. The molecule has 0 amide bonds. The fourth-order valence-electron chi connectivity index (χ4n) is 2.42. The lowest BCUT2D eigenvalue weighted by Gasteiger charge is -2.04. The zero-order valence-electron chi connectivity index (χ0n) is 12.6. The highest BCUT2D eigenvalue weighted by atomic mass is 16.5. The largest absolute Gasteiger partial charge is 0.508 e. The van der Waals surface area contributed by atoms with Crippen molar-refractivity contribution in [2.45, 2.75) is 6.61 Å². The van der Waals surface area contributed by atoms with E-state index in [9.17, 15) is 5.11 Å². The molecule has 0 unspecified atom stereocenters. The van der Waals surface area contributed by atoms with E-state index in [1.165, 1.54) is 0 Å². The van der Waals surface area contributed by atoms with Crippen molar-refractivity contribution >= 4 is 11.0 Å². The lowest BCUT2D eigenvalue weighted by molar-refractivity contribution is 0.266. The molecule has 0 aliphatic heterocycles. The van der Waals surface area contributed by atoms with E-state index in [2.05, 4.69) is 15.1 Å². The molecule has 118 valence electrons. The highest BCUT2D eigenvalue weighted by molar-refractivity contribution is 5.87. The monoisotopic (exact) mass is 319 g/mol. The number of hydrogen-bond donors (Lipinski definition) is 1. The van der Waals surface area contributed by atoms with Crippen LogP contribution in [0.2, 0.25) is 0 Å². The standard InChI is InChI=1S/C18H13N3O3/c22-14-4-1-3-12(9-14)13-5-6-16-15(10-13)18(21-24-16)23-11-17-19-7-2-8-20-17/h1-10,22H,11H2. The minimum absolute atomic E-state index is 0.207. The van der Waals surface area contributed by atoms with Crippen LogP contribution in [0, 0.1) is 0 Å². The minimum Gasteiger partial charge on any atom is -0.508 e. The summed E-state index contributed by atoms with van der Waals surface area (Å²) in [4.78, 5) is 8.22. The van der Waals surface area contributed by atoms with Gasteiger partial charge in [-0.1, -0.05) is 18.2 Å². The Morgan fingerprint density at radius 2 is 1.79 bits per heavy atom. The van der Waals surface area contributed by atoms with Gasteiger partial charge in [0.25, 0.3) is 5.88 Å². The molecule has 0 radical (unpaired) electrons. The van der Waals surface area contributed by atoms with Crippen LogP contribution >= 0.6 is 0 Å². The molecule has 0 saturated heterocycles. The second-order valence-electron chi connectivity index (χ2n) is 5.20. The number of rotatable bonds is 4. The van der Waals surface area contributed by atoms with Gasteiger partial charge >= 0.3 is 0 Å². The molecule has 0 atom stereocenters. The maximum absolute atomic E-state index is 9.64. The molecule has 2 aromatic heterocycles. The van der Waals surface area contributed by atoms with Crippen molar-refractivity contribution in [2.24, 2.45) is 0 Å². The molecule has 6 heteroatoms. The number of nitrogens with zero attached hydrogens (tertiary/aromatic N) is 3. The highest BCUT2D eigenvalue weighted by Crippen LogP contribution is 2.31. The molecule has 1 N–H and O–H groups in total. The summed E-state index contributed by atoms with van der Waals surface area (Å²) in [6.07, 6.45) is 3.32. The van der Waals surface area contributed by atoms with Crippen LogP contribution in [0.1, 0.15) is 5.82 Å². The van der Waals surface area contributed by atoms with Crippen molar-refractivity contribution in [1.29, 1.82) is 0 Å². The summed E-state index contributed by atoms with van der Waals surface area (Å²) in [5, 5.41) is 14.4. The zero-order chi connectivity index (χ0) is 16.4. The van der Waals surface area contributed by atoms with Gasteiger partial charge in [0.2, 0.25) is 0 Å². The number of phenolic OH excluding ortho intramolecular Hbond substituents is 1. The van der Waals surface area contributed by atoms with Gasteiger partial charge in [-0.25, -0.2) is 9.97 Å². The first kappa shape index (κ1) is 14.2. The Bertz CT molecular complexity index is 983. The lowest BCUT2D eigenvalue weighted by atomic mass is 10.0. The van der Waals surface area contributed by atoms with Crippen molar-refractivity contribution in [2.75, 3.05) is 0 Å². The molecule has 0 aliphatic carbocycles. The van der Waals surface area contributed by atoms with Crippen LogP contribution in [0.5, 0.6) is 11.6 Å². The first-order chi connectivity index (χ1) is 11.8. The molecule has 2 aromatic carbocycles. The summed E-state index contributed by atoms with van der Waals surface area (Å²) < 4.78 is 11.0. The van der Waals surface area contributed by atoms with Crippen molar-refractivity contribution in [3.05, 3.63) is 66.7 Å². The van der Waals surface area contributed by atoms with Crippen molar-refractivity contribution in [1.82, 2.24) is 15.1 Å². The van der Waals surface area contributed by atoms with Crippen molar-refractivity contribution in [3.63, 3.8) is 0 Å². The molecule has 24 heavy (non-hydrogen) atoms. The number of aromatic hydroxyl groups is 1. The van der Waals surface area contributed by atoms with Gasteiger partial charge in [0.15, 0.2) is 11.4 Å². The van der Waals surface area contributed by atoms with Gasteiger partial charge in [-0.3, -0.25) is 0 Å². The maximum Gasteiger partial charge on any atom is 0.262 e. The zero-order valence-corrected chi connectivity index (χ0v) is 12.6. The predicted molar refractivity (Wildman–Crippen MR) is 87.5 cm³/mol. The third-order valence-corrected chi connectivity index (χ3v) is 3.57. The van der Waals surface area contributed by atoms with Gasteiger partial charge in [-0.15, -0.1) is 0 Å². The third kappa shape index (κ3) is 2.77. The molecule has 4 aromatic rings. The van der Waals surface area contributed by atoms with Crippen LogP contribution in [-0.4, -0.2) is 20.2 Å². The first-order valence-corrected chi connectivity index (χ1v) is 7.37. The minimum atomic E-state index is 0.207. The van der Waals surface area contributed by atoms with E-state index in [4.69, 9.17) is 9.26 Å². The van der Waals surface area contributed by atoms with Gasteiger partial charge in [0, 0.05) is 12.4 Å². The van der Waals surface area contributed by atoms with E-state index in [-0.39, 0.29) is 12.4 Å². The summed E-state index contributed by atoms with van der Waals surface area (Å²) in [5.74, 6) is 1.17. The fraction of sp³-hybridized carbons (Fsp3) is 0.0556. The molecule has 4 rings (SSSR count). The number of aromatic nitrogens is 3. The smallest absolute Gasteiger partial charge is 0.262 e. The van der Waals surface area contributed by atoms with Crippen LogP contribution in [-0.2, 0) is 6.61 Å². The summed E-state index contributed by atoms with van der Waals surface area (Å²) in [6, 6.07) is 14.5. The molecule has 2 heterocycles. The van der Waals surface area contributed by atoms with E-state index >= 15 is 0 Å². The Kier molecular flexibility index (Phi) is 3.55. The summed E-state index contributed by atoms with van der Waals surface area (Å²) >= 11 is 0. The topological polar surface area (TPSA) is 81.3 Å². The van der Waals surface area contributed by atoms with Crippen molar-refractivity contribution < 1.29 is 14.4 Å². The Morgan fingerprint density at radius 1 is 0.958 bits per heavy atom. The van der Waals surface area contributed by atoms with Crippen LogP contribution in [0.15, 0.2) is 65.4 Å². The number of phenols is 1. The van der Waals surface area contributed by atoms with Crippen LogP contribution in [0.3, 0.4) is 0 Å². The molecule has 6 nitrogen and oxygen atoms in total. The molecule has 0 aliphatic rings. The fourth-order valence-corrected chi connectivity index (χ4v) is 2.42. The molecular formula is C18H13N3O3. The van der Waals surface area contributed by atoms with Gasteiger partial charge in [-0.05, 0) is 46.6 Å². The van der Waals surface area contributed by atoms with E-state index in [1.807, 2.05) is 24.3 Å². The lowest BCUT2D eigenvalue weighted by Crippen LogP contribution is -2.00. The number of hydrogen-bond acceptors (Lipinski definition) is 6. The molecular weight excluding hydrogens is 306 g/mol. The Morgan fingerprint density at radius 3 is 2.62 bits per heavy atom. The number of benzene rings is 2. The van der Waals surface area contributed by atoms with Crippen molar-refractivity contribution in [3.8, 4) is 22.8 Å². The third-order valence-electron chi connectivity index (χ3n) is 3.57. The summed E-state index contributed by atoms with van der Waals surface area (Å²) in [7, 11) is 0. The summed E-state index contributed by atoms with van der Waals surface area (Å²) in [6.45, 7) is 0.207. The van der Waals surface area contributed by atoms with E-state index in [1.54, 1.807) is 36.7 Å². The highest BCUT2D eigenvalue weighted by Gasteiger charge is 2.12. The average molecular weight is 319 g/mol. The first-order valence-electron chi connectivity index (χ1n) is 7.37. The normalized spacial score (nSPS) is 10.8. The summed E-state index contributed by atoms with van der Waals surface area (Å²) in [5.41, 5.74) is 2.46. The van der Waals surface area contributed by atoms with Gasteiger partial charge in [0.05, 0.1) is 5.39 Å². The predicted octanol–water partition coefficient (Wildman–Crippen LogP) is 3.57. The SMILES string of the molecule is Oc1cccc(-c2ccc3onc(OCc4ncccn4)c3c2)c1. The molecule has 0 saturated carbocycles. The number of fused-ring (bicyclic) bond motifs is 1. The van der Waals surface area contributed by atoms with Gasteiger partial charge < -0.3 is 14.4 Å². The maximum atomic E-state index is 9.64. The van der Waals surface area contributed by atoms with Gasteiger partial charge in [0.1, 0.15) is 12.4 Å². The second kappa shape index (κ2) is 6.00. The van der Waals surface area contributed by atoms with E-state index in [0.717, 1.165) is 16.5 Å². The Labute approximate surface area is 137 Å². The van der Waals surface area contributed by atoms with Gasteiger partial charge in [-0.2, -0.15) is 0 Å². The van der Waals surface area contributed by atoms with Crippen LogP contribution in [0.4, 0.5) is 0 Å². The van der Waals surface area contributed by atoms with E-state index in [0.29, 0.717) is 17.3 Å². The van der Waals surface area contributed by atoms with Crippen LogP contribution in [0.25, 0.3) is 22.1 Å². The second-order valence-corrected chi connectivity index (χ2v) is 5.20. The molecule has 0 spiro atoms. The Hall–Kier alpha value is -3.41. The molecule has 0 bridgehead atoms. The van der Waals surface area contributed by atoms with Crippen LogP contribution < -0.4 is 4.74 Å². The van der Waals surface area contributed by atoms with E-state index < -0.39 is 0 Å².